The van der Waals surface area contributed by atoms with Gasteiger partial charge in [-0.1, -0.05) is 19.8 Å². The molecule has 0 radical (unpaired) electrons. The van der Waals surface area contributed by atoms with E-state index in [1.54, 1.807) is 19.1 Å². The lowest BCUT2D eigenvalue weighted by Gasteiger charge is -2.36. The number of hydrogen-bond donors (Lipinski definition) is 2. The molecular weight excluding hydrogens is 454 g/mol. The van der Waals surface area contributed by atoms with Crippen LogP contribution >= 0.6 is 0 Å². The Kier molecular flexibility index (Phi) is 6.68. The van der Waals surface area contributed by atoms with Crippen LogP contribution in [0.1, 0.15) is 45.4 Å². The summed E-state index contributed by atoms with van der Waals surface area (Å²) in [5, 5.41) is 3.19. The van der Waals surface area contributed by atoms with E-state index in [9.17, 15) is 19.2 Å². The molecule has 11 heteroatoms. The van der Waals surface area contributed by atoms with E-state index in [1.165, 1.54) is 19.1 Å². The van der Waals surface area contributed by atoms with Crippen LogP contribution in [0.3, 0.4) is 0 Å². The monoisotopic (exact) mass is 485 g/mol. The third-order valence-electron chi connectivity index (χ3n) is 7.13. The number of urea groups is 1. The van der Waals surface area contributed by atoms with Gasteiger partial charge < -0.3 is 24.7 Å². The molecule has 2 atom stereocenters. The molecule has 0 unspecified atom stereocenters. The van der Waals surface area contributed by atoms with E-state index in [1.807, 2.05) is 6.92 Å². The van der Waals surface area contributed by atoms with Gasteiger partial charge in [-0.15, -0.1) is 0 Å². The second kappa shape index (κ2) is 9.55. The molecule has 11 nitrogen and oxygen atoms in total. The Labute approximate surface area is 202 Å². The molecule has 2 aliphatic rings. The standard InChI is InChI=1S/C24H31N5O6/c1-5-28(12-19-25-16-11-18(35-4)17(34-3)10-15(16)21(31)26-19)20(30)13-29-22(32)24(27-23(29)33)9-7-6-8-14(24)2/h10-11,14H,5-9,12-13H2,1-4H3,(H,27,33)(H,25,26,31)/t14-,24-/m0/s1. The summed E-state index contributed by atoms with van der Waals surface area (Å²) < 4.78 is 10.5. The van der Waals surface area contributed by atoms with Gasteiger partial charge in [0, 0.05) is 12.6 Å². The van der Waals surface area contributed by atoms with Crippen LogP contribution in [0.5, 0.6) is 11.5 Å². The topological polar surface area (TPSA) is 134 Å². The van der Waals surface area contributed by atoms with Crippen molar-refractivity contribution in [2.75, 3.05) is 27.3 Å². The molecule has 1 saturated heterocycles. The molecule has 1 aromatic heterocycles. The molecule has 2 aromatic rings. The summed E-state index contributed by atoms with van der Waals surface area (Å²) in [5.74, 6) is 0.377. The average Bonchev–Trinajstić information content (AvgIpc) is 3.08. The molecule has 1 saturated carbocycles. The molecule has 4 amide bonds. The van der Waals surface area contributed by atoms with Crippen LogP contribution in [0.25, 0.3) is 10.9 Å². The number of rotatable bonds is 7. The molecule has 35 heavy (non-hydrogen) atoms. The summed E-state index contributed by atoms with van der Waals surface area (Å²) in [6.45, 7) is 3.70. The van der Waals surface area contributed by atoms with Crippen LogP contribution in [0.15, 0.2) is 16.9 Å². The summed E-state index contributed by atoms with van der Waals surface area (Å²) in [6.07, 6.45) is 3.31. The lowest BCUT2D eigenvalue weighted by atomic mass is 9.73. The maximum absolute atomic E-state index is 13.2. The number of aromatic nitrogens is 2. The number of ether oxygens (including phenoxy) is 2. The maximum atomic E-state index is 13.2. The number of hydrogen-bond acceptors (Lipinski definition) is 7. The van der Waals surface area contributed by atoms with Crippen molar-refractivity contribution < 1.29 is 23.9 Å². The van der Waals surface area contributed by atoms with Gasteiger partial charge in [-0.2, -0.15) is 0 Å². The zero-order chi connectivity index (χ0) is 25.3. The van der Waals surface area contributed by atoms with E-state index in [0.29, 0.717) is 35.4 Å². The third-order valence-corrected chi connectivity index (χ3v) is 7.13. The molecule has 188 valence electrons. The quantitative estimate of drug-likeness (QED) is 0.571. The van der Waals surface area contributed by atoms with Gasteiger partial charge in [-0.25, -0.2) is 9.78 Å². The van der Waals surface area contributed by atoms with Crippen molar-refractivity contribution in [1.29, 1.82) is 0 Å². The second-order valence-electron chi connectivity index (χ2n) is 9.08. The van der Waals surface area contributed by atoms with E-state index in [-0.39, 0.29) is 36.3 Å². The summed E-state index contributed by atoms with van der Waals surface area (Å²) in [7, 11) is 2.97. The van der Waals surface area contributed by atoms with Crippen molar-refractivity contribution >= 4 is 28.7 Å². The van der Waals surface area contributed by atoms with Crippen molar-refractivity contribution in [1.82, 2.24) is 25.1 Å². The number of nitrogens with zero attached hydrogens (tertiary/aromatic N) is 3. The van der Waals surface area contributed by atoms with E-state index < -0.39 is 17.5 Å². The molecule has 1 aromatic carbocycles. The highest BCUT2D eigenvalue weighted by Gasteiger charge is 2.55. The Morgan fingerprint density at radius 2 is 1.91 bits per heavy atom. The zero-order valence-corrected chi connectivity index (χ0v) is 20.5. The first-order valence-electron chi connectivity index (χ1n) is 11.8. The van der Waals surface area contributed by atoms with Gasteiger partial charge in [0.15, 0.2) is 11.5 Å². The molecule has 1 aliphatic carbocycles. The fourth-order valence-electron chi connectivity index (χ4n) is 5.02. The first kappa shape index (κ1) is 24.5. The minimum absolute atomic E-state index is 0.0116. The molecule has 4 rings (SSSR count). The number of fused-ring (bicyclic) bond motifs is 1. The SMILES string of the molecule is CCN(Cc1nc2cc(OC)c(OC)cc2c(=O)[nH]1)C(=O)CN1C(=O)N[C@]2(CCCC[C@@H]2C)C1=O. The fourth-order valence-corrected chi connectivity index (χ4v) is 5.02. The smallest absolute Gasteiger partial charge is 0.325 e. The Bertz CT molecular complexity index is 1230. The maximum Gasteiger partial charge on any atom is 0.325 e. The number of imide groups is 1. The van der Waals surface area contributed by atoms with Crippen molar-refractivity contribution in [3.63, 3.8) is 0 Å². The van der Waals surface area contributed by atoms with Gasteiger partial charge in [0.25, 0.3) is 11.5 Å². The number of aromatic amines is 1. The zero-order valence-electron chi connectivity index (χ0n) is 20.5. The number of amides is 4. The van der Waals surface area contributed by atoms with E-state index in [4.69, 9.17) is 9.47 Å². The molecule has 0 bridgehead atoms. The Morgan fingerprint density at radius 3 is 2.57 bits per heavy atom. The van der Waals surface area contributed by atoms with Crippen molar-refractivity contribution in [3.8, 4) is 11.5 Å². The lowest BCUT2D eigenvalue weighted by Crippen LogP contribution is -2.54. The van der Waals surface area contributed by atoms with Gasteiger partial charge in [-0.3, -0.25) is 19.3 Å². The van der Waals surface area contributed by atoms with Gasteiger partial charge >= 0.3 is 6.03 Å². The summed E-state index contributed by atoms with van der Waals surface area (Å²) in [4.78, 5) is 61.3. The molecule has 1 spiro atoms. The van der Waals surface area contributed by atoms with Crippen LogP contribution in [-0.2, 0) is 16.1 Å². The number of likely N-dealkylation sites (N-methyl/N-ethyl adjacent to an activating group) is 1. The minimum atomic E-state index is -0.919. The first-order chi connectivity index (χ1) is 16.7. The second-order valence-corrected chi connectivity index (χ2v) is 9.08. The van der Waals surface area contributed by atoms with Crippen LogP contribution in [0, 0.1) is 5.92 Å². The molecule has 2 N–H and O–H groups in total. The van der Waals surface area contributed by atoms with Crippen LogP contribution < -0.4 is 20.3 Å². The summed E-state index contributed by atoms with van der Waals surface area (Å²) >= 11 is 0. The third kappa shape index (κ3) is 4.30. The number of carbonyl (C=O) groups is 3. The lowest BCUT2D eigenvalue weighted by molar-refractivity contribution is -0.140. The van der Waals surface area contributed by atoms with E-state index in [0.717, 1.165) is 24.2 Å². The van der Waals surface area contributed by atoms with Gasteiger partial charge in [0.2, 0.25) is 5.91 Å². The number of benzene rings is 1. The first-order valence-corrected chi connectivity index (χ1v) is 11.8. The van der Waals surface area contributed by atoms with Crippen molar-refractivity contribution in [2.24, 2.45) is 5.92 Å². The van der Waals surface area contributed by atoms with Crippen LogP contribution in [0.2, 0.25) is 0 Å². The number of nitrogens with one attached hydrogen (secondary N) is 2. The highest BCUT2D eigenvalue weighted by atomic mass is 16.5. The largest absolute Gasteiger partial charge is 0.493 e. The highest BCUT2D eigenvalue weighted by molar-refractivity contribution is 6.09. The molecule has 1 aliphatic heterocycles. The number of H-pyrrole nitrogens is 1. The van der Waals surface area contributed by atoms with Crippen LogP contribution in [0.4, 0.5) is 4.79 Å². The van der Waals surface area contributed by atoms with Crippen LogP contribution in [-0.4, -0.2) is 70.5 Å². The van der Waals surface area contributed by atoms with Gasteiger partial charge in [0.05, 0.1) is 31.7 Å². The van der Waals surface area contributed by atoms with E-state index in [2.05, 4.69) is 15.3 Å². The Hall–Kier alpha value is -3.63. The molecule has 2 heterocycles. The van der Waals surface area contributed by atoms with Gasteiger partial charge in [0.1, 0.15) is 17.9 Å². The molecule has 2 fully saturated rings. The summed E-state index contributed by atoms with van der Waals surface area (Å²) in [5.41, 5.74) is -0.901. The number of carbonyl (C=O) groups excluding carboxylic acids is 3. The highest BCUT2D eigenvalue weighted by Crippen LogP contribution is 2.38. The predicted molar refractivity (Wildman–Crippen MR) is 127 cm³/mol. The Morgan fingerprint density at radius 1 is 1.20 bits per heavy atom. The fraction of sp³-hybridized carbons (Fsp3) is 0.542. The van der Waals surface area contributed by atoms with Gasteiger partial charge in [-0.05, 0) is 31.7 Å². The normalized spacial score (nSPS) is 21.9. The minimum Gasteiger partial charge on any atom is -0.493 e. The summed E-state index contributed by atoms with van der Waals surface area (Å²) in [6, 6.07) is 2.61. The van der Waals surface area contributed by atoms with E-state index >= 15 is 0 Å². The van der Waals surface area contributed by atoms with Crippen molar-refractivity contribution in [2.45, 2.75) is 51.6 Å². The molecular formula is C24H31N5O6. The Balaban J connectivity index is 1.53. The average molecular weight is 486 g/mol. The van der Waals surface area contributed by atoms with Crippen molar-refractivity contribution in [3.05, 3.63) is 28.3 Å². The number of methoxy groups -OCH3 is 2. The predicted octanol–water partition coefficient (Wildman–Crippen LogP) is 1.79.